The largest absolute Gasteiger partial charge is 0.396 e. The summed E-state index contributed by atoms with van der Waals surface area (Å²) in [4.78, 5) is 0. The lowest BCUT2D eigenvalue weighted by Crippen LogP contribution is -2.28. The highest BCUT2D eigenvalue weighted by Gasteiger charge is 2.47. The van der Waals surface area contributed by atoms with Gasteiger partial charge in [-0.1, -0.05) is 42.5 Å². The first-order valence-electron chi connectivity index (χ1n) is 6.33. The summed E-state index contributed by atoms with van der Waals surface area (Å²) in [5.41, 5.74) is 0.969. The molecule has 2 heteroatoms. The van der Waals surface area contributed by atoms with Crippen LogP contribution in [0.15, 0.2) is 42.5 Å². The molecule has 2 aliphatic rings. The van der Waals surface area contributed by atoms with Gasteiger partial charge in [-0.15, -0.1) is 0 Å². The van der Waals surface area contributed by atoms with Crippen LogP contribution in [-0.4, -0.2) is 16.8 Å². The van der Waals surface area contributed by atoms with Crippen LogP contribution in [0.4, 0.5) is 0 Å². The van der Waals surface area contributed by atoms with E-state index in [1.165, 1.54) is 0 Å². The van der Waals surface area contributed by atoms with Crippen LogP contribution in [0, 0.1) is 23.7 Å². The third-order valence-corrected chi connectivity index (χ3v) is 4.41. The van der Waals surface area contributed by atoms with Crippen LogP contribution in [-0.2, 0) is 0 Å². The molecule has 5 atom stereocenters. The molecule has 2 bridgehead atoms. The molecular formula is C15H18O2. The summed E-state index contributed by atoms with van der Waals surface area (Å²) >= 11 is 0. The maximum Gasteiger partial charge on any atom is 0.0827 e. The highest BCUT2D eigenvalue weighted by atomic mass is 16.3. The lowest BCUT2D eigenvalue weighted by atomic mass is 9.78. The van der Waals surface area contributed by atoms with Crippen molar-refractivity contribution >= 4 is 0 Å². The maximum atomic E-state index is 10.5. The van der Waals surface area contributed by atoms with Gasteiger partial charge in [-0.3, -0.25) is 0 Å². The predicted octanol–water partition coefficient (Wildman–Crippen LogP) is 2.15. The lowest BCUT2D eigenvalue weighted by molar-refractivity contribution is 0.0408. The molecule has 0 spiro atoms. The Balaban J connectivity index is 1.87. The second kappa shape index (κ2) is 4.28. The Morgan fingerprint density at radius 3 is 2.53 bits per heavy atom. The van der Waals surface area contributed by atoms with E-state index in [0.717, 1.165) is 12.0 Å². The minimum Gasteiger partial charge on any atom is -0.396 e. The molecule has 90 valence electrons. The van der Waals surface area contributed by atoms with Gasteiger partial charge in [0.1, 0.15) is 0 Å². The fourth-order valence-corrected chi connectivity index (χ4v) is 3.56. The fraction of sp³-hybridized carbons (Fsp3) is 0.467. The van der Waals surface area contributed by atoms with E-state index < -0.39 is 6.10 Å². The Kier molecular flexibility index (Phi) is 2.77. The Bertz CT molecular complexity index is 412. The SMILES string of the molecule is OC[C@@H]1[C@H]([C@@H](O)c2ccccc2)[C@@H]2C=C[C@H]1C2. The van der Waals surface area contributed by atoms with Crippen molar-refractivity contribution in [1.29, 1.82) is 0 Å². The Labute approximate surface area is 102 Å². The molecule has 1 saturated carbocycles. The van der Waals surface area contributed by atoms with E-state index in [0.29, 0.717) is 11.8 Å². The zero-order chi connectivity index (χ0) is 11.8. The van der Waals surface area contributed by atoms with Crippen molar-refractivity contribution in [2.45, 2.75) is 12.5 Å². The molecule has 0 unspecified atom stereocenters. The number of allylic oxidation sites excluding steroid dienone is 2. The number of hydrogen-bond acceptors (Lipinski definition) is 2. The maximum absolute atomic E-state index is 10.5. The van der Waals surface area contributed by atoms with Crippen LogP contribution in [0.1, 0.15) is 18.1 Å². The fourth-order valence-electron chi connectivity index (χ4n) is 3.56. The minimum atomic E-state index is -0.451. The number of aliphatic hydroxyl groups excluding tert-OH is 2. The molecule has 2 N–H and O–H groups in total. The Hall–Kier alpha value is -1.12. The van der Waals surface area contributed by atoms with Gasteiger partial charge in [0.15, 0.2) is 0 Å². The average Bonchev–Trinajstić information content (AvgIpc) is 2.98. The van der Waals surface area contributed by atoms with Crippen LogP contribution < -0.4 is 0 Å². The third-order valence-electron chi connectivity index (χ3n) is 4.41. The van der Waals surface area contributed by atoms with Gasteiger partial charge in [0.05, 0.1) is 6.10 Å². The monoisotopic (exact) mass is 230 g/mol. The van der Waals surface area contributed by atoms with Crippen LogP contribution in [0.25, 0.3) is 0 Å². The molecule has 0 heterocycles. The number of fused-ring (bicyclic) bond motifs is 2. The smallest absolute Gasteiger partial charge is 0.0827 e. The van der Waals surface area contributed by atoms with E-state index in [9.17, 15) is 10.2 Å². The average molecular weight is 230 g/mol. The molecule has 3 rings (SSSR count). The van der Waals surface area contributed by atoms with E-state index in [2.05, 4.69) is 12.2 Å². The molecule has 0 saturated heterocycles. The van der Waals surface area contributed by atoms with Crippen molar-refractivity contribution in [3.8, 4) is 0 Å². The van der Waals surface area contributed by atoms with E-state index >= 15 is 0 Å². The zero-order valence-corrected chi connectivity index (χ0v) is 9.74. The molecule has 0 radical (unpaired) electrons. The molecular weight excluding hydrogens is 212 g/mol. The Morgan fingerprint density at radius 1 is 1.12 bits per heavy atom. The van der Waals surface area contributed by atoms with Crippen molar-refractivity contribution in [3.63, 3.8) is 0 Å². The van der Waals surface area contributed by atoms with Crippen molar-refractivity contribution < 1.29 is 10.2 Å². The van der Waals surface area contributed by atoms with Gasteiger partial charge in [-0.05, 0) is 29.7 Å². The number of rotatable bonds is 3. The highest BCUT2D eigenvalue weighted by Crippen LogP contribution is 2.52. The van der Waals surface area contributed by atoms with E-state index in [1.54, 1.807) is 0 Å². The van der Waals surface area contributed by atoms with Crippen molar-refractivity contribution in [1.82, 2.24) is 0 Å². The molecule has 17 heavy (non-hydrogen) atoms. The summed E-state index contributed by atoms with van der Waals surface area (Å²) in [6, 6.07) is 9.80. The van der Waals surface area contributed by atoms with Gasteiger partial charge in [0, 0.05) is 12.5 Å². The first-order valence-corrected chi connectivity index (χ1v) is 6.33. The Morgan fingerprint density at radius 2 is 1.82 bits per heavy atom. The first-order chi connectivity index (χ1) is 8.31. The predicted molar refractivity (Wildman–Crippen MR) is 66.2 cm³/mol. The number of aliphatic hydroxyl groups is 2. The number of benzene rings is 1. The van der Waals surface area contributed by atoms with Crippen LogP contribution in [0.2, 0.25) is 0 Å². The normalized spacial score (nSPS) is 36.4. The topological polar surface area (TPSA) is 40.5 Å². The minimum absolute atomic E-state index is 0.178. The summed E-state index contributed by atoms with van der Waals surface area (Å²) < 4.78 is 0. The molecule has 1 fully saturated rings. The highest BCUT2D eigenvalue weighted by molar-refractivity contribution is 5.23. The van der Waals surface area contributed by atoms with Gasteiger partial charge >= 0.3 is 0 Å². The zero-order valence-electron chi connectivity index (χ0n) is 9.74. The summed E-state index contributed by atoms with van der Waals surface area (Å²) in [6.45, 7) is 0.181. The molecule has 2 nitrogen and oxygen atoms in total. The standard InChI is InChI=1S/C15H18O2/c16-9-13-11-6-7-12(8-11)14(13)15(17)10-4-2-1-3-5-10/h1-7,11-17H,8-9H2/t11-,12+,13-,14+,15-/m0/s1. The van der Waals surface area contributed by atoms with Crippen LogP contribution in [0.5, 0.6) is 0 Å². The molecule has 0 aliphatic heterocycles. The van der Waals surface area contributed by atoms with E-state index in [4.69, 9.17) is 0 Å². The lowest BCUT2D eigenvalue weighted by Gasteiger charge is -2.31. The summed E-state index contributed by atoms with van der Waals surface area (Å²) in [5.74, 6) is 1.30. The van der Waals surface area contributed by atoms with Crippen LogP contribution in [0.3, 0.4) is 0 Å². The second-order valence-electron chi connectivity index (χ2n) is 5.23. The second-order valence-corrected chi connectivity index (χ2v) is 5.23. The first kappa shape index (κ1) is 11.0. The van der Waals surface area contributed by atoms with E-state index in [1.807, 2.05) is 30.3 Å². The summed E-state index contributed by atoms with van der Waals surface area (Å²) in [6.07, 6.45) is 5.07. The number of hydrogen-bond donors (Lipinski definition) is 2. The van der Waals surface area contributed by atoms with E-state index in [-0.39, 0.29) is 18.4 Å². The van der Waals surface area contributed by atoms with Gasteiger partial charge in [-0.2, -0.15) is 0 Å². The molecule has 0 amide bonds. The van der Waals surface area contributed by atoms with Gasteiger partial charge in [-0.25, -0.2) is 0 Å². The van der Waals surface area contributed by atoms with Gasteiger partial charge < -0.3 is 10.2 Å². The molecule has 1 aromatic rings. The summed E-state index contributed by atoms with van der Waals surface area (Å²) in [5, 5.41) is 20.0. The molecule has 0 aromatic heterocycles. The molecule has 2 aliphatic carbocycles. The molecule has 1 aromatic carbocycles. The van der Waals surface area contributed by atoms with Crippen molar-refractivity contribution in [3.05, 3.63) is 48.0 Å². The third kappa shape index (κ3) is 1.72. The van der Waals surface area contributed by atoms with Gasteiger partial charge in [0.2, 0.25) is 0 Å². The summed E-state index contributed by atoms with van der Waals surface area (Å²) in [7, 11) is 0. The van der Waals surface area contributed by atoms with Gasteiger partial charge in [0.25, 0.3) is 0 Å². The van der Waals surface area contributed by atoms with Crippen LogP contribution >= 0.6 is 0 Å². The van der Waals surface area contributed by atoms with Crippen molar-refractivity contribution in [2.75, 3.05) is 6.61 Å². The quantitative estimate of drug-likeness (QED) is 0.781. The van der Waals surface area contributed by atoms with Crippen molar-refractivity contribution in [2.24, 2.45) is 23.7 Å².